The van der Waals surface area contributed by atoms with E-state index in [0.29, 0.717) is 37.6 Å². The Morgan fingerprint density at radius 3 is 2.68 bits per heavy atom. The number of aryl methyl sites for hydroxylation is 2. The number of imidazole rings is 1. The first kappa shape index (κ1) is 19.6. The van der Waals surface area contributed by atoms with Crippen molar-refractivity contribution in [2.75, 3.05) is 24.2 Å². The zero-order chi connectivity index (χ0) is 20.1. The Morgan fingerprint density at radius 2 is 1.96 bits per heavy atom. The number of carbonyl (C=O) groups excluding carboxylic acids is 1. The number of nitrogen functional groups attached to an aromatic ring is 1. The highest BCUT2D eigenvalue weighted by Crippen LogP contribution is 2.26. The highest BCUT2D eigenvalue weighted by molar-refractivity contribution is 5.89. The molecule has 1 aromatic carbocycles. The van der Waals surface area contributed by atoms with Crippen LogP contribution in [0.2, 0.25) is 0 Å². The molecule has 0 aliphatic rings. The first-order chi connectivity index (χ1) is 13.5. The van der Waals surface area contributed by atoms with Crippen molar-refractivity contribution in [2.24, 2.45) is 0 Å². The molecule has 2 heterocycles. The van der Waals surface area contributed by atoms with Gasteiger partial charge in [-0.1, -0.05) is 18.2 Å². The summed E-state index contributed by atoms with van der Waals surface area (Å²) in [5, 5.41) is 5.69. The molecule has 28 heavy (non-hydrogen) atoms. The Kier molecular flexibility index (Phi) is 6.10. The van der Waals surface area contributed by atoms with E-state index in [-0.39, 0.29) is 6.03 Å². The second kappa shape index (κ2) is 8.71. The van der Waals surface area contributed by atoms with Crippen LogP contribution in [0.25, 0.3) is 11.0 Å². The minimum atomic E-state index is -0.254. The molecule has 0 aliphatic carbocycles. The third-order valence-electron chi connectivity index (χ3n) is 4.56. The molecule has 8 nitrogen and oxygen atoms in total. The van der Waals surface area contributed by atoms with Crippen molar-refractivity contribution in [3.05, 3.63) is 47.4 Å². The second-order valence-corrected chi connectivity index (χ2v) is 6.47. The molecule has 8 heteroatoms. The number of nitrogens with two attached hydrogens (primary N) is 1. The van der Waals surface area contributed by atoms with Crippen molar-refractivity contribution in [3.8, 4) is 0 Å². The van der Waals surface area contributed by atoms with Crippen LogP contribution in [0.5, 0.6) is 0 Å². The minimum absolute atomic E-state index is 0.254. The SMILES string of the molecule is CCOCc1nc2c(N)nc(C)c(C)c2n1CCNC(=O)Nc1ccccc1. The summed E-state index contributed by atoms with van der Waals surface area (Å²) in [5.41, 5.74) is 10.3. The van der Waals surface area contributed by atoms with Crippen molar-refractivity contribution in [3.63, 3.8) is 0 Å². The molecule has 0 radical (unpaired) electrons. The summed E-state index contributed by atoms with van der Waals surface area (Å²) in [6.45, 7) is 7.81. The summed E-state index contributed by atoms with van der Waals surface area (Å²) in [6, 6.07) is 9.07. The van der Waals surface area contributed by atoms with Gasteiger partial charge in [-0.05, 0) is 38.5 Å². The predicted molar refractivity (Wildman–Crippen MR) is 110 cm³/mol. The van der Waals surface area contributed by atoms with Crippen molar-refractivity contribution in [2.45, 2.75) is 33.9 Å². The fraction of sp³-hybridized carbons (Fsp3) is 0.350. The molecule has 0 unspecified atom stereocenters. The molecule has 0 bridgehead atoms. The fourth-order valence-electron chi connectivity index (χ4n) is 3.07. The summed E-state index contributed by atoms with van der Waals surface area (Å²) < 4.78 is 7.61. The van der Waals surface area contributed by atoms with E-state index in [9.17, 15) is 4.79 Å². The van der Waals surface area contributed by atoms with Crippen LogP contribution in [0, 0.1) is 13.8 Å². The average Bonchev–Trinajstić information content (AvgIpc) is 3.04. The van der Waals surface area contributed by atoms with Crippen molar-refractivity contribution in [1.29, 1.82) is 0 Å². The number of rotatable bonds is 7. The third kappa shape index (κ3) is 4.23. The summed E-state index contributed by atoms with van der Waals surface area (Å²) in [7, 11) is 0. The molecule has 3 aromatic rings. The first-order valence-electron chi connectivity index (χ1n) is 9.30. The van der Waals surface area contributed by atoms with Gasteiger partial charge < -0.3 is 25.7 Å². The quantitative estimate of drug-likeness (QED) is 0.582. The van der Waals surface area contributed by atoms with Crippen LogP contribution in [-0.2, 0) is 17.9 Å². The normalized spacial score (nSPS) is 11.0. The van der Waals surface area contributed by atoms with Gasteiger partial charge in [0.15, 0.2) is 5.82 Å². The maximum Gasteiger partial charge on any atom is 0.319 e. The lowest BCUT2D eigenvalue weighted by Crippen LogP contribution is -2.31. The third-order valence-corrected chi connectivity index (χ3v) is 4.56. The highest BCUT2D eigenvalue weighted by atomic mass is 16.5. The van der Waals surface area contributed by atoms with Gasteiger partial charge in [0.2, 0.25) is 0 Å². The molecule has 2 aromatic heterocycles. The summed E-state index contributed by atoms with van der Waals surface area (Å²) >= 11 is 0. The highest BCUT2D eigenvalue weighted by Gasteiger charge is 2.17. The van der Waals surface area contributed by atoms with Crippen LogP contribution in [-0.4, -0.2) is 33.7 Å². The molecular weight excluding hydrogens is 356 g/mol. The lowest BCUT2D eigenvalue weighted by Gasteiger charge is -2.13. The number of hydrogen-bond acceptors (Lipinski definition) is 5. The van der Waals surface area contributed by atoms with Crippen LogP contribution >= 0.6 is 0 Å². The van der Waals surface area contributed by atoms with Gasteiger partial charge in [0.1, 0.15) is 17.9 Å². The van der Waals surface area contributed by atoms with Crippen LogP contribution < -0.4 is 16.4 Å². The molecule has 4 N–H and O–H groups in total. The minimum Gasteiger partial charge on any atom is -0.382 e. The standard InChI is InChI=1S/C20H26N6O2/c1-4-28-12-16-25-17-18(13(2)14(3)23-19(17)21)26(16)11-10-22-20(27)24-15-8-6-5-7-9-15/h5-9H,4,10-12H2,1-3H3,(H2,21,23)(H2,22,24,27). The average molecular weight is 382 g/mol. The Morgan fingerprint density at radius 1 is 1.21 bits per heavy atom. The lowest BCUT2D eigenvalue weighted by molar-refractivity contribution is 0.126. The van der Waals surface area contributed by atoms with E-state index in [1.165, 1.54) is 0 Å². The topological polar surface area (TPSA) is 107 Å². The van der Waals surface area contributed by atoms with Crippen LogP contribution in [0.3, 0.4) is 0 Å². The zero-order valence-electron chi connectivity index (χ0n) is 16.5. The Bertz CT molecular complexity index is 968. The van der Waals surface area contributed by atoms with Crippen LogP contribution in [0.4, 0.5) is 16.3 Å². The molecule has 0 fully saturated rings. The maximum absolute atomic E-state index is 12.1. The number of fused-ring (bicyclic) bond motifs is 1. The Balaban J connectivity index is 1.78. The maximum atomic E-state index is 12.1. The van der Waals surface area contributed by atoms with Gasteiger partial charge in [0.05, 0.1) is 5.52 Å². The number of nitrogens with zero attached hydrogens (tertiary/aromatic N) is 3. The fourth-order valence-corrected chi connectivity index (χ4v) is 3.07. The Hall–Kier alpha value is -3.13. The van der Waals surface area contributed by atoms with Gasteiger partial charge in [-0.2, -0.15) is 0 Å². The van der Waals surface area contributed by atoms with Gasteiger partial charge in [-0.15, -0.1) is 0 Å². The number of hydrogen-bond donors (Lipinski definition) is 3. The first-order valence-corrected chi connectivity index (χ1v) is 9.30. The molecule has 0 spiro atoms. The molecule has 3 rings (SSSR count). The lowest BCUT2D eigenvalue weighted by atomic mass is 10.2. The van der Waals surface area contributed by atoms with E-state index < -0.39 is 0 Å². The number of amides is 2. The van der Waals surface area contributed by atoms with E-state index in [1.54, 1.807) is 0 Å². The van der Waals surface area contributed by atoms with Gasteiger partial charge >= 0.3 is 6.03 Å². The second-order valence-electron chi connectivity index (χ2n) is 6.47. The Labute approximate surface area is 164 Å². The van der Waals surface area contributed by atoms with E-state index >= 15 is 0 Å². The number of pyridine rings is 1. The predicted octanol–water partition coefficient (Wildman–Crippen LogP) is 2.99. The van der Waals surface area contributed by atoms with E-state index in [0.717, 1.165) is 28.3 Å². The summed E-state index contributed by atoms with van der Waals surface area (Å²) in [4.78, 5) is 21.1. The monoisotopic (exact) mass is 382 g/mol. The van der Waals surface area contributed by atoms with Gasteiger partial charge in [0.25, 0.3) is 0 Å². The number of anilines is 2. The number of carbonyl (C=O) groups is 1. The number of aromatic nitrogens is 3. The number of benzene rings is 1. The van der Waals surface area contributed by atoms with Crippen LogP contribution in [0.1, 0.15) is 24.0 Å². The molecule has 0 aliphatic heterocycles. The molecule has 0 saturated carbocycles. The largest absolute Gasteiger partial charge is 0.382 e. The van der Waals surface area contributed by atoms with Gasteiger partial charge in [-0.3, -0.25) is 0 Å². The molecule has 0 atom stereocenters. The smallest absolute Gasteiger partial charge is 0.319 e. The number of urea groups is 1. The molecular formula is C20H26N6O2. The van der Waals surface area contributed by atoms with Crippen molar-refractivity contribution in [1.82, 2.24) is 19.9 Å². The molecule has 148 valence electrons. The van der Waals surface area contributed by atoms with Gasteiger partial charge in [0, 0.05) is 31.1 Å². The number of para-hydroxylation sites is 1. The summed E-state index contributed by atoms with van der Waals surface area (Å²) in [6.07, 6.45) is 0. The summed E-state index contributed by atoms with van der Waals surface area (Å²) in [5.74, 6) is 1.17. The number of nitrogens with one attached hydrogen (secondary N) is 2. The van der Waals surface area contributed by atoms with E-state index in [4.69, 9.17) is 10.5 Å². The van der Waals surface area contributed by atoms with Crippen molar-refractivity contribution < 1.29 is 9.53 Å². The van der Waals surface area contributed by atoms with Crippen molar-refractivity contribution >= 4 is 28.6 Å². The molecule has 2 amide bonds. The zero-order valence-corrected chi connectivity index (χ0v) is 16.5. The van der Waals surface area contributed by atoms with Crippen LogP contribution in [0.15, 0.2) is 30.3 Å². The molecule has 0 saturated heterocycles. The van der Waals surface area contributed by atoms with Gasteiger partial charge in [-0.25, -0.2) is 14.8 Å². The number of ether oxygens (including phenoxy) is 1. The van der Waals surface area contributed by atoms with E-state index in [2.05, 4.69) is 20.6 Å². The van der Waals surface area contributed by atoms with E-state index in [1.807, 2.05) is 55.7 Å².